The summed E-state index contributed by atoms with van der Waals surface area (Å²) in [6.45, 7) is 10.6. The van der Waals surface area contributed by atoms with Crippen molar-refractivity contribution in [1.82, 2.24) is 19.3 Å². The normalized spacial score (nSPS) is 17.7. The van der Waals surface area contributed by atoms with Crippen molar-refractivity contribution in [2.24, 2.45) is 0 Å². The number of morpholine rings is 1. The van der Waals surface area contributed by atoms with Crippen molar-refractivity contribution < 1.29 is 14.3 Å². The van der Waals surface area contributed by atoms with Crippen molar-refractivity contribution in [3.8, 4) is 0 Å². The van der Waals surface area contributed by atoms with E-state index >= 15 is 0 Å². The molecule has 166 valence electrons. The van der Waals surface area contributed by atoms with Crippen LogP contribution >= 0.6 is 0 Å². The van der Waals surface area contributed by atoms with Crippen LogP contribution in [0.1, 0.15) is 27.3 Å². The summed E-state index contributed by atoms with van der Waals surface area (Å²) < 4.78 is 7.55. The van der Waals surface area contributed by atoms with Gasteiger partial charge in [0.05, 0.1) is 25.3 Å². The van der Waals surface area contributed by atoms with E-state index in [-0.39, 0.29) is 11.8 Å². The Balaban J connectivity index is 1.35. The number of rotatable bonds is 5. The summed E-state index contributed by atoms with van der Waals surface area (Å²) in [6.07, 6.45) is 0. The smallest absolute Gasteiger partial charge is 0.255 e. The van der Waals surface area contributed by atoms with Gasteiger partial charge in [0.1, 0.15) is 0 Å². The highest BCUT2D eigenvalue weighted by molar-refractivity contribution is 5.96. The first-order valence-corrected chi connectivity index (χ1v) is 11.1. The standard InChI is InChI=1S/C24H32N4O3/c1-19-16-22(20(2)28(19)17-21-6-4-3-5-7-21)24(30)27-10-8-26(9-11-27)23(29)18-25-12-14-31-15-13-25/h3-7,16H,8-15,17-18H2,1-2H3. The number of carbonyl (C=O) groups excluding carboxylic acids is 2. The number of aryl methyl sites for hydroxylation is 1. The van der Waals surface area contributed by atoms with Crippen LogP contribution in [-0.2, 0) is 16.1 Å². The minimum Gasteiger partial charge on any atom is -0.379 e. The summed E-state index contributed by atoms with van der Waals surface area (Å²) >= 11 is 0. The second kappa shape index (κ2) is 9.66. The van der Waals surface area contributed by atoms with E-state index in [9.17, 15) is 9.59 Å². The van der Waals surface area contributed by atoms with Gasteiger partial charge in [0.15, 0.2) is 0 Å². The van der Waals surface area contributed by atoms with Gasteiger partial charge in [-0.2, -0.15) is 0 Å². The van der Waals surface area contributed by atoms with Crippen LogP contribution in [0.4, 0.5) is 0 Å². The van der Waals surface area contributed by atoms with Crippen LogP contribution in [0.3, 0.4) is 0 Å². The van der Waals surface area contributed by atoms with Crippen molar-refractivity contribution >= 4 is 11.8 Å². The Morgan fingerprint density at radius 3 is 2.23 bits per heavy atom. The van der Waals surface area contributed by atoms with E-state index in [0.717, 1.165) is 36.6 Å². The number of amides is 2. The third-order valence-electron chi connectivity index (χ3n) is 6.37. The maximum Gasteiger partial charge on any atom is 0.255 e. The first-order chi connectivity index (χ1) is 15.0. The van der Waals surface area contributed by atoms with Gasteiger partial charge in [0.2, 0.25) is 5.91 Å². The van der Waals surface area contributed by atoms with Crippen LogP contribution < -0.4 is 0 Å². The lowest BCUT2D eigenvalue weighted by molar-refractivity contribution is -0.134. The molecular weight excluding hydrogens is 392 g/mol. The summed E-state index contributed by atoms with van der Waals surface area (Å²) in [6, 6.07) is 12.3. The van der Waals surface area contributed by atoms with Gasteiger partial charge in [0, 0.05) is 57.2 Å². The first kappa shape index (κ1) is 21.6. The number of hydrogen-bond acceptors (Lipinski definition) is 4. The number of benzene rings is 1. The van der Waals surface area contributed by atoms with Crippen molar-refractivity contribution in [3.05, 3.63) is 58.9 Å². The van der Waals surface area contributed by atoms with Gasteiger partial charge in [-0.15, -0.1) is 0 Å². The molecule has 0 aliphatic carbocycles. The van der Waals surface area contributed by atoms with Crippen LogP contribution in [0.15, 0.2) is 36.4 Å². The minimum atomic E-state index is 0.0627. The molecule has 0 bridgehead atoms. The lowest BCUT2D eigenvalue weighted by Gasteiger charge is -2.36. The molecule has 2 amide bonds. The number of carbonyl (C=O) groups is 2. The average molecular weight is 425 g/mol. The fourth-order valence-electron chi connectivity index (χ4n) is 4.41. The van der Waals surface area contributed by atoms with Crippen molar-refractivity contribution in [1.29, 1.82) is 0 Å². The van der Waals surface area contributed by atoms with E-state index in [1.54, 1.807) is 0 Å². The monoisotopic (exact) mass is 424 g/mol. The second-order valence-electron chi connectivity index (χ2n) is 8.42. The number of piperazine rings is 1. The Kier molecular flexibility index (Phi) is 6.73. The minimum absolute atomic E-state index is 0.0627. The number of aromatic nitrogens is 1. The molecule has 0 unspecified atom stereocenters. The number of nitrogens with zero attached hydrogens (tertiary/aromatic N) is 4. The van der Waals surface area contributed by atoms with Gasteiger partial charge in [0.25, 0.3) is 5.91 Å². The molecule has 31 heavy (non-hydrogen) atoms. The highest BCUT2D eigenvalue weighted by atomic mass is 16.5. The molecule has 0 atom stereocenters. The molecule has 2 aliphatic rings. The number of hydrogen-bond donors (Lipinski definition) is 0. The molecule has 0 radical (unpaired) electrons. The van der Waals surface area contributed by atoms with Gasteiger partial charge in [-0.25, -0.2) is 0 Å². The van der Waals surface area contributed by atoms with Crippen LogP contribution in [-0.4, -0.2) is 90.1 Å². The molecule has 0 spiro atoms. The van der Waals surface area contributed by atoms with E-state index < -0.39 is 0 Å². The highest BCUT2D eigenvalue weighted by Crippen LogP contribution is 2.20. The molecule has 1 aromatic heterocycles. The first-order valence-electron chi connectivity index (χ1n) is 11.1. The van der Waals surface area contributed by atoms with E-state index in [1.807, 2.05) is 41.0 Å². The second-order valence-corrected chi connectivity index (χ2v) is 8.42. The molecule has 0 saturated carbocycles. The molecule has 2 aliphatic heterocycles. The lowest BCUT2D eigenvalue weighted by atomic mass is 10.2. The Bertz CT molecular complexity index is 910. The maximum absolute atomic E-state index is 13.2. The van der Waals surface area contributed by atoms with Crippen molar-refractivity contribution in [2.45, 2.75) is 20.4 Å². The molecule has 1 aromatic carbocycles. The maximum atomic E-state index is 13.2. The zero-order valence-corrected chi connectivity index (χ0v) is 18.5. The van der Waals surface area contributed by atoms with Gasteiger partial charge in [-0.1, -0.05) is 30.3 Å². The number of ether oxygens (including phenoxy) is 1. The Morgan fingerprint density at radius 2 is 1.55 bits per heavy atom. The fourth-order valence-corrected chi connectivity index (χ4v) is 4.41. The zero-order chi connectivity index (χ0) is 21.8. The topological polar surface area (TPSA) is 58.0 Å². The molecule has 7 heteroatoms. The van der Waals surface area contributed by atoms with Gasteiger partial charge < -0.3 is 19.1 Å². The third kappa shape index (κ3) is 4.99. The van der Waals surface area contributed by atoms with E-state index in [1.165, 1.54) is 5.56 Å². The summed E-state index contributed by atoms with van der Waals surface area (Å²) in [5.74, 6) is 0.211. The molecule has 2 fully saturated rings. The van der Waals surface area contributed by atoms with Crippen LogP contribution in [0, 0.1) is 13.8 Å². The average Bonchev–Trinajstić information content (AvgIpc) is 3.08. The molecule has 2 aromatic rings. The zero-order valence-electron chi connectivity index (χ0n) is 18.5. The Morgan fingerprint density at radius 1 is 0.903 bits per heavy atom. The Hall–Kier alpha value is -2.64. The van der Waals surface area contributed by atoms with E-state index in [4.69, 9.17) is 4.74 Å². The lowest BCUT2D eigenvalue weighted by Crippen LogP contribution is -2.53. The predicted molar refractivity (Wildman–Crippen MR) is 119 cm³/mol. The van der Waals surface area contributed by atoms with E-state index in [2.05, 4.69) is 28.5 Å². The van der Waals surface area contributed by atoms with Gasteiger partial charge in [-0.3, -0.25) is 14.5 Å². The van der Waals surface area contributed by atoms with E-state index in [0.29, 0.717) is 45.9 Å². The fraction of sp³-hybridized carbons (Fsp3) is 0.500. The third-order valence-corrected chi connectivity index (χ3v) is 6.37. The van der Waals surface area contributed by atoms with Crippen molar-refractivity contribution in [2.75, 3.05) is 59.0 Å². The molecule has 3 heterocycles. The quantitative estimate of drug-likeness (QED) is 0.734. The van der Waals surface area contributed by atoms with Crippen LogP contribution in [0.5, 0.6) is 0 Å². The molecule has 4 rings (SSSR count). The van der Waals surface area contributed by atoms with Gasteiger partial charge >= 0.3 is 0 Å². The summed E-state index contributed by atoms with van der Waals surface area (Å²) in [5.41, 5.74) is 4.07. The van der Waals surface area contributed by atoms with Gasteiger partial charge in [-0.05, 0) is 25.5 Å². The molecule has 7 nitrogen and oxygen atoms in total. The molecule has 0 N–H and O–H groups in total. The largest absolute Gasteiger partial charge is 0.379 e. The molecule has 2 saturated heterocycles. The summed E-state index contributed by atoms with van der Waals surface area (Å²) in [4.78, 5) is 31.8. The summed E-state index contributed by atoms with van der Waals surface area (Å²) in [7, 11) is 0. The Labute approximate surface area is 184 Å². The van der Waals surface area contributed by atoms with Crippen LogP contribution in [0.25, 0.3) is 0 Å². The predicted octanol–water partition coefficient (Wildman–Crippen LogP) is 1.77. The highest BCUT2D eigenvalue weighted by Gasteiger charge is 2.28. The van der Waals surface area contributed by atoms with Crippen molar-refractivity contribution in [3.63, 3.8) is 0 Å². The SMILES string of the molecule is Cc1cc(C(=O)N2CCN(C(=O)CN3CCOCC3)CC2)c(C)n1Cc1ccccc1. The summed E-state index contributed by atoms with van der Waals surface area (Å²) in [5, 5.41) is 0. The van der Waals surface area contributed by atoms with Crippen LogP contribution in [0.2, 0.25) is 0 Å². The molecular formula is C24H32N4O3.